The van der Waals surface area contributed by atoms with Crippen molar-refractivity contribution in [1.82, 2.24) is 20.1 Å². The first-order valence-corrected chi connectivity index (χ1v) is 8.65. The summed E-state index contributed by atoms with van der Waals surface area (Å²) in [5, 5.41) is 12.1. The molecule has 122 valence electrons. The molecule has 1 aliphatic rings. The summed E-state index contributed by atoms with van der Waals surface area (Å²) >= 11 is 1.39. The van der Waals surface area contributed by atoms with Crippen molar-refractivity contribution < 1.29 is 9.21 Å². The highest BCUT2D eigenvalue weighted by Gasteiger charge is 2.22. The Bertz CT molecular complexity index is 703. The molecule has 0 unspecified atom stereocenters. The number of hydrogen-bond donors (Lipinski definition) is 1. The summed E-state index contributed by atoms with van der Waals surface area (Å²) in [5.74, 6) is 2.59. The van der Waals surface area contributed by atoms with Gasteiger partial charge in [0.2, 0.25) is 5.91 Å². The Morgan fingerprint density at radius 1 is 1.57 bits per heavy atom. The van der Waals surface area contributed by atoms with Crippen molar-refractivity contribution in [1.29, 1.82) is 0 Å². The van der Waals surface area contributed by atoms with Gasteiger partial charge < -0.3 is 9.73 Å². The van der Waals surface area contributed by atoms with E-state index in [1.807, 2.05) is 17.6 Å². The average Bonchev–Trinajstić information content (AvgIpc) is 3.16. The number of nitrogens with one attached hydrogen (secondary N) is 1. The Balaban J connectivity index is 1.68. The standard InChI is InChI=1S/C16H20N4O2S/c1-3-7-20-15(13-6-8-22-11(13)2)18-19-16(20)23-10-14(21)17-9-12-4-5-12/h3,6,8,12H,1,4-5,7,9-10H2,2H3,(H,17,21). The van der Waals surface area contributed by atoms with Crippen molar-refractivity contribution in [3.63, 3.8) is 0 Å². The average molecular weight is 332 g/mol. The molecular weight excluding hydrogens is 312 g/mol. The summed E-state index contributed by atoms with van der Waals surface area (Å²) in [5.41, 5.74) is 0.907. The topological polar surface area (TPSA) is 73.0 Å². The van der Waals surface area contributed by atoms with Crippen molar-refractivity contribution in [2.45, 2.75) is 31.5 Å². The third-order valence-corrected chi connectivity index (χ3v) is 4.71. The molecule has 1 amide bonds. The van der Waals surface area contributed by atoms with Gasteiger partial charge in [-0.3, -0.25) is 9.36 Å². The van der Waals surface area contributed by atoms with Gasteiger partial charge in [-0.05, 0) is 31.7 Å². The lowest BCUT2D eigenvalue weighted by molar-refractivity contribution is -0.118. The molecular formula is C16H20N4O2S. The predicted octanol–water partition coefficient (Wildman–Crippen LogP) is 2.65. The van der Waals surface area contributed by atoms with Crippen LogP contribution in [-0.2, 0) is 11.3 Å². The molecule has 2 heterocycles. The Kier molecular flexibility index (Phi) is 4.85. The number of aryl methyl sites for hydroxylation is 1. The molecule has 1 N–H and O–H groups in total. The lowest BCUT2D eigenvalue weighted by Crippen LogP contribution is -2.27. The van der Waals surface area contributed by atoms with Gasteiger partial charge in [0.25, 0.3) is 0 Å². The molecule has 0 atom stereocenters. The first kappa shape index (κ1) is 15.9. The first-order valence-electron chi connectivity index (χ1n) is 7.67. The molecule has 2 aromatic rings. The third-order valence-electron chi connectivity index (χ3n) is 3.75. The number of carbonyl (C=O) groups excluding carboxylic acids is 1. The zero-order valence-electron chi connectivity index (χ0n) is 13.1. The molecule has 1 saturated carbocycles. The molecule has 0 saturated heterocycles. The van der Waals surface area contributed by atoms with Crippen molar-refractivity contribution >= 4 is 17.7 Å². The molecule has 1 fully saturated rings. The zero-order chi connectivity index (χ0) is 16.2. The van der Waals surface area contributed by atoms with Gasteiger partial charge in [0.1, 0.15) is 5.76 Å². The van der Waals surface area contributed by atoms with Crippen molar-refractivity contribution in [3.8, 4) is 11.4 Å². The van der Waals surface area contributed by atoms with Gasteiger partial charge in [-0.2, -0.15) is 0 Å². The second kappa shape index (κ2) is 7.04. The van der Waals surface area contributed by atoms with Gasteiger partial charge in [-0.15, -0.1) is 16.8 Å². The highest BCUT2D eigenvalue weighted by atomic mass is 32.2. The van der Waals surface area contributed by atoms with E-state index in [0.717, 1.165) is 23.7 Å². The van der Waals surface area contributed by atoms with Crippen LogP contribution in [0.5, 0.6) is 0 Å². The van der Waals surface area contributed by atoms with Crippen LogP contribution in [0.3, 0.4) is 0 Å². The van der Waals surface area contributed by atoms with E-state index in [9.17, 15) is 4.79 Å². The fraction of sp³-hybridized carbons (Fsp3) is 0.438. The van der Waals surface area contributed by atoms with E-state index in [1.165, 1.54) is 24.6 Å². The molecule has 0 aromatic carbocycles. The van der Waals surface area contributed by atoms with E-state index in [2.05, 4.69) is 22.1 Å². The normalized spacial score (nSPS) is 14.0. The Morgan fingerprint density at radius 2 is 2.39 bits per heavy atom. The highest BCUT2D eigenvalue weighted by molar-refractivity contribution is 7.99. The Hall–Kier alpha value is -2.02. The van der Waals surface area contributed by atoms with Gasteiger partial charge in [0.05, 0.1) is 17.6 Å². The SMILES string of the molecule is C=CCn1c(SCC(=O)NCC2CC2)nnc1-c1ccoc1C. The molecule has 0 spiro atoms. The van der Waals surface area contributed by atoms with Crippen LogP contribution >= 0.6 is 11.8 Å². The summed E-state index contributed by atoms with van der Waals surface area (Å²) in [6.07, 6.45) is 5.89. The maximum atomic E-state index is 11.9. The van der Waals surface area contributed by atoms with Crippen LogP contribution in [0.2, 0.25) is 0 Å². The number of allylic oxidation sites excluding steroid dienone is 1. The van der Waals surface area contributed by atoms with E-state index in [1.54, 1.807) is 12.3 Å². The quantitative estimate of drug-likeness (QED) is 0.594. The maximum Gasteiger partial charge on any atom is 0.230 e. The number of amides is 1. The number of thioether (sulfide) groups is 1. The van der Waals surface area contributed by atoms with Crippen LogP contribution in [0.25, 0.3) is 11.4 Å². The maximum absolute atomic E-state index is 11.9. The van der Waals surface area contributed by atoms with E-state index >= 15 is 0 Å². The summed E-state index contributed by atoms with van der Waals surface area (Å²) < 4.78 is 7.29. The van der Waals surface area contributed by atoms with Crippen LogP contribution in [-0.4, -0.2) is 33.0 Å². The van der Waals surface area contributed by atoms with Gasteiger partial charge in [0.15, 0.2) is 11.0 Å². The van der Waals surface area contributed by atoms with Gasteiger partial charge in [0, 0.05) is 13.1 Å². The number of aromatic nitrogens is 3. The van der Waals surface area contributed by atoms with Gasteiger partial charge >= 0.3 is 0 Å². The van der Waals surface area contributed by atoms with Crippen LogP contribution in [0.4, 0.5) is 0 Å². The first-order chi connectivity index (χ1) is 11.2. The number of nitrogens with zero attached hydrogens (tertiary/aromatic N) is 3. The largest absolute Gasteiger partial charge is 0.469 e. The minimum Gasteiger partial charge on any atom is -0.469 e. The Labute approximate surface area is 139 Å². The van der Waals surface area contributed by atoms with Crippen molar-refractivity contribution in [3.05, 3.63) is 30.7 Å². The van der Waals surface area contributed by atoms with Crippen molar-refractivity contribution in [2.24, 2.45) is 5.92 Å². The second-order valence-electron chi connectivity index (χ2n) is 5.63. The molecule has 0 radical (unpaired) electrons. The summed E-state index contributed by atoms with van der Waals surface area (Å²) in [4.78, 5) is 11.9. The van der Waals surface area contributed by atoms with Crippen LogP contribution < -0.4 is 5.32 Å². The molecule has 6 nitrogen and oxygen atoms in total. The minimum atomic E-state index is 0.0381. The number of furan rings is 1. The fourth-order valence-electron chi connectivity index (χ4n) is 2.27. The minimum absolute atomic E-state index is 0.0381. The van der Waals surface area contributed by atoms with Crippen LogP contribution in [0, 0.1) is 12.8 Å². The molecule has 0 bridgehead atoms. The molecule has 1 aliphatic carbocycles. The lowest BCUT2D eigenvalue weighted by Gasteiger charge is -2.07. The fourth-order valence-corrected chi connectivity index (χ4v) is 3.04. The van der Waals surface area contributed by atoms with E-state index < -0.39 is 0 Å². The molecule has 7 heteroatoms. The smallest absolute Gasteiger partial charge is 0.230 e. The van der Waals surface area contributed by atoms with Crippen LogP contribution in [0.15, 0.2) is 34.6 Å². The predicted molar refractivity (Wildman–Crippen MR) is 89.1 cm³/mol. The number of carbonyl (C=O) groups is 1. The lowest BCUT2D eigenvalue weighted by atomic mass is 10.2. The summed E-state index contributed by atoms with van der Waals surface area (Å²) in [6, 6.07) is 1.87. The van der Waals surface area contributed by atoms with Crippen molar-refractivity contribution in [2.75, 3.05) is 12.3 Å². The summed E-state index contributed by atoms with van der Waals surface area (Å²) in [6.45, 7) is 7.05. The van der Waals surface area contributed by atoms with E-state index in [-0.39, 0.29) is 5.91 Å². The molecule has 0 aliphatic heterocycles. The molecule has 2 aromatic heterocycles. The molecule has 3 rings (SSSR count). The zero-order valence-corrected chi connectivity index (χ0v) is 13.9. The van der Waals surface area contributed by atoms with E-state index in [0.29, 0.717) is 23.4 Å². The van der Waals surface area contributed by atoms with Gasteiger partial charge in [-0.25, -0.2) is 0 Å². The second-order valence-corrected chi connectivity index (χ2v) is 6.57. The number of hydrogen-bond acceptors (Lipinski definition) is 5. The molecule has 23 heavy (non-hydrogen) atoms. The monoisotopic (exact) mass is 332 g/mol. The Morgan fingerprint density at radius 3 is 3.04 bits per heavy atom. The summed E-state index contributed by atoms with van der Waals surface area (Å²) in [7, 11) is 0. The van der Waals surface area contributed by atoms with Crippen LogP contribution in [0.1, 0.15) is 18.6 Å². The van der Waals surface area contributed by atoms with Gasteiger partial charge in [-0.1, -0.05) is 17.8 Å². The highest BCUT2D eigenvalue weighted by Crippen LogP contribution is 2.28. The number of rotatable bonds is 8. The third kappa shape index (κ3) is 3.85. The van der Waals surface area contributed by atoms with E-state index in [4.69, 9.17) is 4.42 Å².